The van der Waals surface area contributed by atoms with Crippen molar-refractivity contribution in [2.75, 3.05) is 19.6 Å². The first kappa shape index (κ1) is 15.7. The Balaban J connectivity index is 1.82. The molecule has 0 unspecified atom stereocenters. The minimum atomic E-state index is -0.220. The van der Waals surface area contributed by atoms with Gasteiger partial charge in [0.05, 0.1) is 0 Å². The van der Waals surface area contributed by atoms with E-state index < -0.39 is 0 Å². The Hall–Kier alpha value is -1.68. The molecule has 1 heterocycles. The molecule has 1 atom stereocenters. The Bertz CT molecular complexity index is 472. The number of amides is 1. The minimum absolute atomic E-state index is 0.220. The number of nitrogens with one attached hydrogen (secondary N) is 1. The lowest BCUT2D eigenvalue weighted by Crippen LogP contribution is -2.36. The fourth-order valence-corrected chi connectivity index (χ4v) is 2.77. The lowest BCUT2D eigenvalue weighted by atomic mass is 10.1. The predicted octanol–water partition coefficient (Wildman–Crippen LogP) is 2.52. The quantitative estimate of drug-likeness (QED) is 0.589. The molecule has 1 saturated heterocycles. The molecule has 1 aliphatic rings. The smallest absolute Gasteiger partial charge is 0.222 e. The van der Waals surface area contributed by atoms with Crippen LogP contribution in [0.2, 0.25) is 0 Å². The van der Waals surface area contributed by atoms with E-state index in [1.807, 2.05) is 11.0 Å². The molecule has 2 rings (SSSR count). The van der Waals surface area contributed by atoms with Gasteiger partial charge in [-0.15, -0.1) is 6.58 Å². The van der Waals surface area contributed by atoms with E-state index in [2.05, 4.69) is 11.9 Å². The maximum atomic E-state index is 12.9. The van der Waals surface area contributed by atoms with Crippen LogP contribution in [0.1, 0.15) is 24.8 Å². The van der Waals surface area contributed by atoms with E-state index in [4.69, 9.17) is 0 Å². The van der Waals surface area contributed by atoms with Crippen molar-refractivity contribution in [3.05, 3.63) is 48.3 Å². The van der Waals surface area contributed by atoms with Crippen LogP contribution < -0.4 is 5.32 Å². The Kier molecular flexibility index (Phi) is 5.93. The van der Waals surface area contributed by atoms with Crippen LogP contribution in [-0.2, 0) is 11.2 Å². The normalized spacial score (nSPS) is 18.2. The number of halogens is 1. The van der Waals surface area contributed by atoms with Gasteiger partial charge >= 0.3 is 0 Å². The summed E-state index contributed by atoms with van der Waals surface area (Å²) in [5.41, 5.74) is 1.07. The number of hydrogen-bond donors (Lipinski definition) is 1. The standard InChI is InChI=1S/C17H23FN2O/c1-2-11-19-12-9-16-7-8-17(21)20(16)13-10-14-3-5-15(18)6-4-14/h2-6,16,19H,1,7-13H2/t16-/m0/s1. The van der Waals surface area contributed by atoms with Gasteiger partial charge in [0, 0.05) is 25.6 Å². The number of hydrogen-bond acceptors (Lipinski definition) is 2. The zero-order chi connectivity index (χ0) is 15.1. The van der Waals surface area contributed by atoms with Crippen LogP contribution in [0, 0.1) is 5.82 Å². The van der Waals surface area contributed by atoms with E-state index in [-0.39, 0.29) is 11.7 Å². The number of benzene rings is 1. The van der Waals surface area contributed by atoms with Crippen LogP contribution in [0.3, 0.4) is 0 Å². The highest BCUT2D eigenvalue weighted by Crippen LogP contribution is 2.21. The molecule has 1 aliphatic heterocycles. The topological polar surface area (TPSA) is 32.3 Å². The van der Waals surface area contributed by atoms with Gasteiger partial charge in [-0.25, -0.2) is 4.39 Å². The first-order valence-corrected chi connectivity index (χ1v) is 7.56. The predicted molar refractivity (Wildman–Crippen MR) is 82.5 cm³/mol. The second-order valence-corrected chi connectivity index (χ2v) is 5.44. The van der Waals surface area contributed by atoms with Gasteiger partial charge < -0.3 is 10.2 Å². The number of nitrogens with zero attached hydrogens (tertiary/aromatic N) is 1. The molecule has 1 N–H and O–H groups in total. The molecule has 114 valence electrons. The second-order valence-electron chi connectivity index (χ2n) is 5.44. The van der Waals surface area contributed by atoms with E-state index in [1.165, 1.54) is 12.1 Å². The highest BCUT2D eigenvalue weighted by Gasteiger charge is 2.29. The fraction of sp³-hybridized carbons (Fsp3) is 0.471. The summed E-state index contributed by atoms with van der Waals surface area (Å²) < 4.78 is 12.9. The molecule has 1 fully saturated rings. The highest BCUT2D eigenvalue weighted by atomic mass is 19.1. The molecular formula is C17H23FN2O. The summed E-state index contributed by atoms with van der Waals surface area (Å²) in [6.45, 7) is 6.09. The SMILES string of the molecule is C=CCNCC[C@@H]1CCC(=O)N1CCc1ccc(F)cc1. The summed E-state index contributed by atoms with van der Waals surface area (Å²) in [7, 11) is 0. The van der Waals surface area contributed by atoms with Crippen molar-refractivity contribution in [2.24, 2.45) is 0 Å². The maximum Gasteiger partial charge on any atom is 0.222 e. The third-order valence-corrected chi connectivity index (χ3v) is 3.95. The van der Waals surface area contributed by atoms with Gasteiger partial charge in [0.2, 0.25) is 5.91 Å². The number of rotatable bonds is 8. The van der Waals surface area contributed by atoms with Crippen LogP contribution in [0.15, 0.2) is 36.9 Å². The molecule has 1 aromatic rings. The lowest BCUT2D eigenvalue weighted by molar-refractivity contribution is -0.129. The van der Waals surface area contributed by atoms with Gasteiger partial charge in [0.1, 0.15) is 5.82 Å². The van der Waals surface area contributed by atoms with E-state index in [9.17, 15) is 9.18 Å². The second kappa shape index (κ2) is 7.93. The molecule has 1 amide bonds. The fourth-order valence-electron chi connectivity index (χ4n) is 2.77. The van der Waals surface area contributed by atoms with Crippen molar-refractivity contribution in [1.82, 2.24) is 10.2 Å². The van der Waals surface area contributed by atoms with Crippen LogP contribution in [0.4, 0.5) is 4.39 Å². The van der Waals surface area contributed by atoms with Crippen LogP contribution in [0.25, 0.3) is 0 Å². The summed E-state index contributed by atoms with van der Waals surface area (Å²) >= 11 is 0. The van der Waals surface area contributed by atoms with E-state index in [1.54, 1.807) is 12.1 Å². The highest BCUT2D eigenvalue weighted by molar-refractivity contribution is 5.78. The number of carbonyl (C=O) groups is 1. The monoisotopic (exact) mass is 290 g/mol. The molecule has 0 bridgehead atoms. The molecule has 0 radical (unpaired) electrons. The van der Waals surface area contributed by atoms with Crippen molar-refractivity contribution in [2.45, 2.75) is 31.7 Å². The molecule has 0 aromatic heterocycles. The van der Waals surface area contributed by atoms with Crippen molar-refractivity contribution < 1.29 is 9.18 Å². The van der Waals surface area contributed by atoms with Crippen LogP contribution in [-0.4, -0.2) is 36.5 Å². The van der Waals surface area contributed by atoms with Crippen LogP contribution >= 0.6 is 0 Å². The first-order valence-electron chi connectivity index (χ1n) is 7.56. The lowest BCUT2D eigenvalue weighted by Gasteiger charge is -2.25. The Morgan fingerprint density at radius 3 is 2.86 bits per heavy atom. The van der Waals surface area contributed by atoms with Crippen molar-refractivity contribution in [1.29, 1.82) is 0 Å². The van der Waals surface area contributed by atoms with Gasteiger partial charge in [-0.3, -0.25) is 4.79 Å². The summed E-state index contributed by atoms with van der Waals surface area (Å²) in [6.07, 6.45) is 5.19. The van der Waals surface area contributed by atoms with E-state index in [0.29, 0.717) is 12.5 Å². The minimum Gasteiger partial charge on any atom is -0.339 e. The summed E-state index contributed by atoms with van der Waals surface area (Å²) in [5, 5.41) is 3.28. The summed E-state index contributed by atoms with van der Waals surface area (Å²) in [5.74, 6) is 0.0213. The largest absolute Gasteiger partial charge is 0.339 e. The first-order chi connectivity index (χ1) is 10.2. The molecule has 3 nitrogen and oxygen atoms in total. The number of carbonyl (C=O) groups excluding carboxylic acids is 1. The van der Waals surface area contributed by atoms with Gasteiger partial charge in [-0.2, -0.15) is 0 Å². The van der Waals surface area contributed by atoms with Gasteiger partial charge in [-0.05, 0) is 43.5 Å². The third kappa shape index (κ3) is 4.67. The van der Waals surface area contributed by atoms with Gasteiger partial charge in [0.15, 0.2) is 0 Å². The van der Waals surface area contributed by atoms with Crippen molar-refractivity contribution in [3.8, 4) is 0 Å². The molecular weight excluding hydrogens is 267 g/mol. The molecule has 4 heteroatoms. The summed E-state index contributed by atoms with van der Waals surface area (Å²) in [6, 6.07) is 6.85. The average molecular weight is 290 g/mol. The van der Waals surface area contributed by atoms with E-state index in [0.717, 1.165) is 44.5 Å². The molecule has 0 aliphatic carbocycles. The Morgan fingerprint density at radius 2 is 2.14 bits per heavy atom. The molecule has 0 saturated carbocycles. The van der Waals surface area contributed by atoms with Crippen molar-refractivity contribution >= 4 is 5.91 Å². The maximum absolute atomic E-state index is 12.9. The Morgan fingerprint density at radius 1 is 1.38 bits per heavy atom. The molecule has 21 heavy (non-hydrogen) atoms. The zero-order valence-corrected chi connectivity index (χ0v) is 12.4. The average Bonchev–Trinajstić information content (AvgIpc) is 2.84. The van der Waals surface area contributed by atoms with E-state index >= 15 is 0 Å². The third-order valence-electron chi connectivity index (χ3n) is 3.95. The van der Waals surface area contributed by atoms with Gasteiger partial charge in [-0.1, -0.05) is 18.2 Å². The zero-order valence-electron chi connectivity index (χ0n) is 12.4. The van der Waals surface area contributed by atoms with Crippen molar-refractivity contribution in [3.63, 3.8) is 0 Å². The summed E-state index contributed by atoms with van der Waals surface area (Å²) in [4.78, 5) is 14.0. The van der Waals surface area contributed by atoms with Crippen LogP contribution in [0.5, 0.6) is 0 Å². The molecule has 0 spiro atoms. The Labute approximate surface area is 125 Å². The van der Waals surface area contributed by atoms with Gasteiger partial charge in [0.25, 0.3) is 0 Å². The molecule has 1 aromatic carbocycles. The number of likely N-dealkylation sites (tertiary alicyclic amines) is 1.